The van der Waals surface area contributed by atoms with Crippen molar-refractivity contribution >= 4 is 63.3 Å². The number of aromatic nitrogens is 1. The Morgan fingerprint density at radius 2 is 1.88 bits per heavy atom. The number of hydrogen-bond donors (Lipinski definition) is 1. The smallest absolute Gasteiger partial charge is 0.268 e. The van der Waals surface area contributed by atoms with Crippen molar-refractivity contribution in [2.45, 2.75) is 6.42 Å². The molecule has 0 bridgehead atoms. The third-order valence-corrected chi connectivity index (χ3v) is 6.69. The fraction of sp³-hybridized carbons (Fsp3) is 0.0417. The zero-order valence-corrected chi connectivity index (χ0v) is 19.9. The average molecular weight is 515 g/mol. The minimum absolute atomic E-state index is 0.121. The van der Waals surface area contributed by atoms with E-state index < -0.39 is 5.91 Å². The lowest BCUT2D eigenvalue weighted by Crippen LogP contribution is -2.13. The fourth-order valence-electron chi connectivity index (χ4n) is 3.01. The summed E-state index contributed by atoms with van der Waals surface area (Å²) in [6.45, 7) is 0. The van der Waals surface area contributed by atoms with Gasteiger partial charge in [0.2, 0.25) is 0 Å². The number of carbonyl (C=O) groups excluding carboxylic acids is 1. The molecule has 2 aromatic heterocycles. The van der Waals surface area contributed by atoms with Crippen LogP contribution in [0.2, 0.25) is 15.1 Å². The molecule has 4 aromatic rings. The van der Waals surface area contributed by atoms with Gasteiger partial charge in [0.15, 0.2) is 5.13 Å². The van der Waals surface area contributed by atoms with Crippen LogP contribution in [0.5, 0.6) is 0 Å². The van der Waals surface area contributed by atoms with E-state index in [-0.39, 0.29) is 5.57 Å². The Labute approximate surface area is 208 Å². The van der Waals surface area contributed by atoms with Crippen LogP contribution in [0.4, 0.5) is 5.13 Å². The number of benzene rings is 2. The molecule has 33 heavy (non-hydrogen) atoms. The Morgan fingerprint density at radius 3 is 2.67 bits per heavy atom. The molecule has 0 radical (unpaired) electrons. The summed E-state index contributed by atoms with van der Waals surface area (Å²) in [6, 6.07) is 18.0. The second-order valence-corrected chi connectivity index (χ2v) is 9.13. The Bertz CT molecular complexity index is 1400. The second-order valence-electron chi connectivity index (χ2n) is 6.83. The molecule has 5 nitrogen and oxygen atoms in total. The Morgan fingerprint density at radius 1 is 1.09 bits per heavy atom. The molecule has 0 saturated carbocycles. The van der Waals surface area contributed by atoms with Gasteiger partial charge in [-0.05, 0) is 35.9 Å². The fourth-order valence-corrected chi connectivity index (χ4v) is 4.46. The van der Waals surface area contributed by atoms with Crippen molar-refractivity contribution in [3.8, 4) is 17.4 Å². The lowest BCUT2D eigenvalue weighted by Gasteiger charge is -2.03. The van der Waals surface area contributed by atoms with Crippen molar-refractivity contribution in [1.29, 1.82) is 5.26 Å². The number of nitrogens with one attached hydrogen (secondary N) is 1. The molecule has 0 aliphatic heterocycles. The van der Waals surface area contributed by atoms with Gasteiger partial charge in [-0.3, -0.25) is 10.1 Å². The number of amides is 1. The van der Waals surface area contributed by atoms with E-state index >= 15 is 0 Å². The number of furan rings is 1. The zero-order chi connectivity index (χ0) is 23.4. The topological polar surface area (TPSA) is 78.9 Å². The van der Waals surface area contributed by atoms with E-state index in [0.717, 1.165) is 16.0 Å². The van der Waals surface area contributed by atoms with Crippen molar-refractivity contribution in [2.24, 2.45) is 0 Å². The van der Waals surface area contributed by atoms with Crippen LogP contribution in [0, 0.1) is 11.3 Å². The van der Waals surface area contributed by atoms with Gasteiger partial charge >= 0.3 is 0 Å². The lowest BCUT2D eigenvalue weighted by atomic mass is 10.1. The summed E-state index contributed by atoms with van der Waals surface area (Å²) >= 11 is 19.8. The maximum absolute atomic E-state index is 12.6. The Hall–Kier alpha value is -3.08. The number of thiazole rings is 1. The van der Waals surface area contributed by atoms with Gasteiger partial charge in [0.25, 0.3) is 5.91 Å². The zero-order valence-electron chi connectivity index (χ0n) is 16.8. The van der Waals surface area contributed by atoms with E-state index in [1.54, 1.807) is 30.5 Å². The first-order valence-corrected chi connectivity index (χ1v) is 11.5. The third-order valence-electron chi connectivity index (χ3n) is 4.59. The van der Waals surface area contributed by atoms with Gasteiger partial charge in [-0.1, -0.05) is 59.1 Å². The predicted octanol–water partition coefficient (Wildman–Crippen LogP) is 7.50. The van der Waals surface area contributed by atoms with E-state index in [4.69, 9.17) is 39.2 Å². The van der Waals surface area contributed by atoms with E-state index in [1.165, 1.54) is 17.4 Å². The van der Waals surface area contributed by atoms with E-state index in [9.17, 15) is 10.1 Å². The number of halogens is 3. The molecular weight excluding hydrogens is 501 g/mol. The largest absolute Gasteiger partial charge is 0.457 e. The summed E-state index contributed by atoms with van der Waals surface area (Å²) in [7, 11) is 0. The molecule has 2 aromatic carbocycles. The van der Waals surface area contributed by atoms with Crippen LogP contribution in [-0.4, -0.2) is 10.9 Å². The molecule has 0 aliphatic carbocycles. The van der Waals surface area contributed by atoms with Crippen molar-refractivity contribution in [3.63, 3.8) is 0 Å². The summed E-state index contributed by atoms with van der Waals surface area (Å²) in [5.41, 5.74) is 1.46. The third kappa shape index (κ3) is 5.47. The van der Waals surface area contributed by atoms with Crippen molar-refractivity contribution in [3.05, 3.63) is 97.6 Å². The molecule has 0 saturated heterocycles. The van der Waals surface area contributed by atoms with E-state index in [2.05, 4.69) is 10.3 Å². The van der Waals surface area contributed by atoms with Gasteiger partial charge in [0.05, 0.1) is 15.1 Å². The summed E-state index contributed by atoms with van der Waals surface area (Å²) in [6.07, 6.45) is 3.54. The van der Waals surface area contributed by atoms with Gasteiger partial charge in [-0.2, -0.15) is 5.26 Å². The van der Waals surface area contributed by atoms with Gasteiger partial charge in [-0.15, -0.1) is 11.3 Å². The quantitative estimate of drug-likeness (QED) is 0.213. The Balaban J connectivity index is 1.47. The van der Waals surface area contributed by atoms with Gasteiger partial charge in [0.1, 0.15) is 23.2 Å². The van der Waals surface area contributed by atoms with Crippen molar-refractivity contribution < 1.29 is 9.21 Å². The van der Waals surface area contributed by atoms with Crippen molar-refractivity contribution in [1.82, 2.24) is 4.98 Å². The number of nitriles is 1. The van der Waals surface area contributed by atoms with Crippen LogP contribution in [0.1, 0.15) is 16.2 Å². The second kappa shape index (κ2) is 10.2. The molecule has 1 N–H and O–H groups in total. The molecule has 1 amide bonds. The summed E-state index contributed by atoms with van der Waals surface area (Å²) in [5.74, 6) is 0.302. The SMILES string of the molecule is N#C/C(=C\c1ccc(-c2ccccc2Cl)o1)C(=O)Nc1ncc(Cc2cccc(Cl)c2Cl)s1. The molecule has 0 atom stereocenters. The molecular formula is C24H14Cl3N3O2S. The molecule has 0 aliphatic rings. The van der Waals surface area contributed by atoms with Gasteiger partial charge in [0, 0.05) is 29.1 Å². The van der Waals surface area contributed by atoms with Crippen LogP contribution >= 0.6 is 46.1 Å². The van der Waals surface area contributed by atoms with Crippen LogP contribution in [0.3, 0.4) is 0 Å². The summed E-state index contributed by atoms with van der Waals surface area (Å²) in [5, 5.41) is 14.0. The molecule has 0 spiro atoms. The predicted molar refractivity (Wildman–Crippen MR) is 133 cm³/mol. The van der Waals surface area contributed by atoms with Crippen LogP contribution in [0.15, 0.2) is 70.8 Å². The molecule has 164 valence electrons. The first kappa shape index (κ1) is 23.1. The molecule has 2 heterocycles. The standard InChI is InChI=1S/C24H14Cl3N3O2S/c25-19-6-2-1-5-18(19)21-9-8-16(32-21)10-15(12-28)23(31)30-24-29-13-17(33-24)11-14-4-3-7-20(26)22(14)27/h1-10,13H,11H2,(H,29,30,31)/b15-10+. The first-order valence-electron chi connectivity index (χ1n) is 9.60. The highest BCUT2D eigenvalue weighted by molar-refractivity contribution is 7.15. The minimum Gasteiger partial charge on any atom is -0.457 e. The molecule has 0 fully saturated rings. The van der Waals surface area contributed by atoms with Gasteiger partial charge < -0.3 is 4.42 Å². The highest BCUT2D eigenvalue weighted by Crippen LogP contribution is 2.31. The highest BCUT2D eigenvalue weighted by atomic mass is 35.5. The number of nitrogens with zero attached hydrogens (tertiary/aromatic N) is 2. The molecule has 4 rings (SSSR count). The van der Waals surface area contributed by atoms with Crippen LogP contribution in [0.25, 0.3) is 17.4 Å². The number of anilines is 1. The monoisotopic (exact) mass is 513 g/mol. The van der Waals surface area contributed by atoms with E-state index in [0.29, 0.717) is 38.1 Å². The maximum atomic E-state index is 12.6. The van der Waals surface area contributed by atoms with Crippen LogP contribution < -0.4 is 5.32 Å². The number of rotatable bonds is 6. The van der Waals surface area contributed by atoms with E-state index in [1.807, 2.05) is 36.4 Å². The Kier molecular flexibility index (Phi) is 7.17. The number of carbonyl (C=O) groups is 1. The van der Waals surface area contributed by atoms with Crippen LogP contribution in [-0.2, 0) is 11.2 Å². The summed E-state index contributed by atoms with van der Waals surface area (Å²) in [4.78, 5) is 17.7. The lowest BCUT2D eigenvalue weighted by molar-refractivity contribution is -0.112. The highest BCUT2D eigenvalue weighted by Gasteiger charge is 2.15. The normalized spacial score (nSPS) is 11.3. The van der Waals surface area contributed by atoms with Gasteiger partial charge in [-0.25, -0.2) is 4.98 Å². The number of hydrogen-bond acceptors (Lipinski definition) is 5. The first-order chi connectivity index (χ1) is 15.9. The maximum Gasteiger partial charge on any atom is 0.268 e. The molecule has 0 unspecified atom stereocenters. The van der Waals surface area contributed by atoms with Crippen molar-refractivity contribution in [2.75, 3.05) is 5.32 Å². The average Bonchev–Trinajstić information content (AvgIpc) is 3.45. The summed E-state index contributed by atoms with van der Waals surface area (Å²) < 4.78 is 5.75. The molecule has 9 heteroatoms. The minimum atomic E-state index is -0.588.